The van der Waals surface area contributed by atoms with Gasteiger partial charge in [-0.05, 0) is 25.7 Å². The largest absolute Gasteiger partial charge is 0.336 e. The Bertz CT molecular complexity index is 578. The summed E-state index contributed by atoms with van der Waals surface area (Å²) in [7, 11) is 3.64. The Kier molecular flexibility index (Phi) is 4.66. The van der Waals surface area contributed by atoms with E-state index in [1.54, 1.807) is 18.1 Å². The third kappa shape index (κ3) is 3.10. The molecule has 0 saturated carbocycles. The molecule has 2 saturated heterocycles. The molecule has 126 valence electrons. The number of aromatic nitrogens is 2. The van der Waals surface area contributed by atoms with Gasteiger partial charge in [0.2, 0.25) is 5.91 Å². The molecular weight excluding hydrogens is 296 g/mol. The molecule has 2 atom stereocenters. The highest BCUT2D eigenvalue weighted by Gasteiger charge is 2.42. The zero-order chi connectivity index (χ0) is 16.4. The maximum atomic E-state index is 13.0. The van der Waals surface area contributed by atoms with Crippen LogP contribution in [-0.4, -0.2) is 51.5 Å². The van der Waals surface area contributed by atoms with E-state index in [4.69, 9.17) is 4.84 Å². The van der Waals surface area contributed by atoms with Gasteiger partial charge in [-0.25, -0.2) is 10.0 Å². The summed E-state index contributed by atoms with van der Waals surface area (Å²) in [5.41, 5.74) is 0. The van der Waals surface area contributed by atoms with Crippen molar-refractivity contribution in [2.45, 2.75) is 38.1 Å². The maximum absolute atomic E-state index is 13.0. The Hall–Kier alpha value is -1.89. The van der Waals surface area contributed by atoms with Crippen molar-refractivity contribution in [1.29, 1.82) is 0 Å². The number of hydrogen-bond acceptors (Lipinski definition) is 4. The van der Waals surface area contributed by atoms with E-state index in [0.29, 0.717) is 26.0 Å². The summed E-state index contributed by atoms with van der Waals surface area (Å²) in [6.07, 6.45) is 7.49. The smallest absolute Gasteiger partial charge is 0.251 e. The summed E-state index contributed by atoms with van der Waals surface area (Å²) in [6, 6.07) is -0.337. The van der Waals surface area contributed by atoms with Crippen LogP contribution < -0.4 is 0 Å². The van der Waals surface area contributed by atoms with Crippen LogP contribution in [0.3, 0.4) is 0 Å². The van der Waals surface area contributed by atoms with Gasteiger partial charge in [-0.1, -0.05) is 0 Å². The molecule has 2 amide bonds. The monoisotopic (exact) mass is 320 g/mol. The van der Waals surface area contributed by atoms with Gasteiger partial charge < -0.3 is 9.47 Å². The molecule has 3 rings (SSSR count). The Morgan fingerprint density at radius 2 is 2.13 bits per heavy atom. The molecule has 1 aromatic rings. The second kappa shape index (κ2) is 6.70. The van der Waals surface area contributed by atoms with Crippen molar-refractivity contribution >= 4 is 11.8 Å². The van der Waals surface area contributed by atoms with Crippen molar-refractivity contribution in [2.75, 3.05) is 20.2 Å². The highest BCUT2D eigenvalue weighted by atomic mass is 16.7. The highest BCUT2D eigenvalue weighted by molar-refractivity contribution is 5.84. The zero-order valence-electron chi connectivity index (χ0n) is 13.8. The predicted molar refractivity (Wildman–Crippen MR) is 83.0 cm³/mol. The van der Waals surface area contributed by atoms with E-state index in [2.05, 4.69) is 4.98 Å². The maximum Gasteiger partial charge on any atom is 0.251 e. The Labute approximate surface area is 136 Å². The van der Waals surface area contributed by atoms with Gasteiger partial charge in [0.05, 0.1) is 12.5 Å². The molecule has 7 heteroatoms. The molecule has 0 N–H and O–H groups in total. The minimum Gasteiger partial charge on any atom is -0.336 e. The number of rotatable bonds is 2. The molecule has 0 aromatic carbocycles. The molecule has 1 aromatic heterocycles. The number of likely N-dealkylation sites (tertiary alicyclic amines) is 1. The molecule has 2 aliphatic rings. The fourth-order valence-corrected chi connectivity index (χ4v) is 3.44. The highest BCUT2D eigenvalue weighted by Crippen LogP contribution is 2.36. The quantitative estimate of drug-likeness (QED) is 0.823. The molecule has 2 aliphatic heterocycles. The first-order chi connectivity index (χ1) is 11.1. The van der Waals surface area contributed by atoms with Crippen molar-refractivity contribution < 1.29 is 14.4 Å². The zero-order valence-corrected chi connectivity index (χ0v) is 13.8. The van der Waals surface area contributed by atoms with Crippen LogP contribution in [0.15, 0.2) is 12.4 Å². The molecule has 7 nitrogen and oxygen atoms in total. The molecule has 0 radical (unpaired) electrons. The molecule has 0 unspecified atom stereocenters. The van der Waals surface area contributed by atoms with Gasteiger partial charge >= 0.3 is 0 Å². The lowest BCUT2D eigenvalue weighted by Crippen LogP contribution is -2.48. The van der Waals surface area contributed by atoms with Crippen molar-refractivity contribution in [3.05, 3.63) is 18.2 Å². The molecule has 0 aliphatic carbocycles. The van der Waals surface area contributed by atoms with Crippen LogP contribution >= 0.6 is 0 Å². The fraction of sp³-hybridized carbons (Fsp3) is 0.688. The molecule has 3 heterocycles. The number of hydroxylamine groups is 2. The summed E-state index contributed by atoms with van der Waals surface area (Å²) in [5.74, 6) is 0.462. The van der Waals surface area contributed by atoms with E-state index in [1.165, 1.54) is 5.06 Å². The van der Waals surface area contributed by atoms with E-state index in [9.17, 15) is 9.59 Å². The summed E-state index contributed by atoms with van der Waals surface area (Å²) < 4.78 is 1.88. The van der Waals surface area contributed by atoms with Crippen molar-refractivity contribution in [1.82, 2.24) is 19.5 Å². The van der Waals surface area contributed by atoms with Gasteiger partial charge in [0.15, 0.2) is 0 Å². The average Bonchev–Trinajstić information content (AvgIpc) is 2.80. The molecular formula is C16H24N4O3. The number of carbonyl (C=O) groups is 2. The summed E-state index contributed by atoms with van der Waals surface area (Å²) in [4.78, 5) is 36.8. The Morgan fingerprint density at radius 3 is 2.87 bits per heavy atom. The van der Waals surface area contributed by atoms with E-state index in [1.807, 2.05) is 17.8 Å². The fourth-order valence-electron chi connectivity index (χ4n) is 3.44. The van der Waals surface area contributed by atoms with E-state index >= 15 is 0 Å². The van der Waals surface area contributed by atoms with Gasteiger partial charge in [0.1, 0.15) is 11.9 Å². The van der Waals surface area contributed by atoms with Crippen LogP contribution in [0.25, 0.3) is 0 Å². The lowest BCUT2D eigenvalue weighted by atomic mass is 9.87. The number of amides is 2. The number of carbonyl (C=O) groups excluding carboxylic acids is 2. The molecule has 23 heavy (non-hydrogen) atoms. The van der Waals surface area contributed by atoms with Crippen LogP contribution in [0.1, 0.15) is 44.0 Å². The standard InChI is InChI=1S/C16H24N4O3/c1-18-10-8-17-15(18)14-12(6-7-13(21)19(14)2)16(22)20-9-4-3-5-11-23-20/h8,10,12,14H,3-7,9,11H2,1-2H3/t12-,14-/m0/s1. The van der Waals surface area contributed by atoms with Gasteiger partial charge in [-0.2, -0.15) is 0 Å². The summed E-state index contributed by atoms with van der Waals surface area (Å²) in [6.45, 7) is 1.21. The lowest BCUT2D eigenvalue weighted by molar-refractivity contribution is -0.192. The van der Waals surface area contributed by atoms with E-state index in [0.717, 1.165) is 25.1 Å². The average molecular weight is 320 g/mol. The lowest BCUT2D eigenvalue weighted by Gasteiger charge is -2.39. The number of piperidine rings is 1. The van der Waals surface area contributed by atoms with Crippen LogP contribution in [0.2, 0.25) is 0 Å². The third-order valence-corrected chi connectivity index (χ3v) is 4.80. The predicted octanol–water partition coefficient (Wildman–Crippen LogP) is 1.27. The number of hydrogen-bond donors (Lipinski definition) is 0. The normalized spacial score (nSPS) is 26.3. The van der Waals surface area contributed by atoms with Crippen molar-refractivity contribution in [3.8, 4) is 0 Å². The topological polar surface area (TPSA) is 67.7 Å². The number of nitrogens with zero attached hydrogens (tertiary/aromatic N) is 4. The van der Waals surface area contributed by atoms with Crippen LogP contribution in [0, 0.1) is 5.92 Å². The van der Waals surface area contributed by atoms with Gasteiger partial charge in [0, 0.05) is 39.5 Å². The van der Waals surface area contributed by atoms with Gasteiger partial charge in [-0.15, -0.1) is 0 Å². The Balaban J connectivity index is 1.87. The SMILES string of the molecule is CN1C(=O)CC[C@H](C(=O)N2CCCCCO2)[C@H]1c1nccn1C. The molecule has 2 fully saturated rings. The van der Waals surface area contributed by atoms with E-state index in [-0.39, 0.29) is 23.8 Å². The van der Waals surface area contributed by atoms with E-state index < -0.39 is 0 Å². The first kappa shape index (κ1) is 16.0. The number of aryl methyl sites for hydroxylation is 1. The van der Waals surface area contributed by atoms with Crippen LogP contribution in [0.4, 0.5) is 0 Å². The van der Waals surface area contributed by atoms with Crippen LogP contribution in [0.5, 0.6) is 0 Å². The first-order valence-electron chi connectivity index (χ1n) is 8.26. The second-order valence-corrected chi connectivity index (χ2v) is 6.33. The van der Waals surface area contributed by atoms with Gasteiger partial charge in [0.25, 0.3) is 5.91 Å². The van der Waals surface area contributed by atoms with Crippen molar-refractivity contribution in [2.24, 2.45) is 13.0 Å². The van der Waals surface area contributed by atoms with Gasteiger partial charge in [-0.3, -0.25) is 14.4 Å². The summed E-state index contributed by atoms with van der Waals surface area (Å²) in [5, 5.41) is 1.51. The van der Waals surface area contributed by atoms with Crippen molar-refractivity contribution in [3.63, 3.8) is 0 Å². The Morgan fingerprint density at radius 1 is 1.30 bits per heavy atom. The first-order valence-corrected chi connectivity index (χ1v) is 8.26. The minimum absolute atomic E-state index is 0.0285. The second-order valence-electron chi connectivity index (χ2n) is 6.33. The van der Waals surface area contributed by atoms with Crippen LogP contribution in [-0.2, 0) is 21.5 Å². The minimum atomic E-state index is -0.337. The third-order valence-electron chi connectivity index (χ3n) is 4.80. The molecule has 0 spiro atoms. The summed E-state index contributed by atoms with van der Waals surface area (Å²) >= 11 is 0. The number of imidazole rings is 1. The molecule has 0 bridgehead atoms.